The summed E-state index contributed by atoms with van der Waals surface area (Å²) in [6.07, 6.45) is 6.43. The molecule has 2 nitrogen and oxygen atoms in total. The van der Waals surface area contributed by atoms with E-state index in [0.29, 0.717) is 0 Å². The lowest BCUT2D eigenvalue weighted by Gasteiger charge is -2.39. The van der Waals surface area contributed by atoms with Crippen LogP contribution in [0.25, 0.3) is 0 Å². The molecule has 0 saturated heterocycles. The highest BCUT2D eigenvalue weighted by molar-refractivity contribution is 5.40. The lowest BCUT2D eigenvalue weighted by atomic mass is 9.72. The maximum Gasteiger partial charge on any atom is 0.119 e. The molecule has 1 aromatic carbocycles. The zero-order chi connectivity index (χ0) is 14.2. The average Bonchev–Trinajstić information content (AvgIpc) is 3.27. The predicted molar refractivity (Wildman–Crippen MR) is 83.0 cm³/mol. The van der Waals surface area contributed by atoms with E-state index < -0.39 is 0 Å². The van der Waals surface area contributed by atoms with Crippen LogP contribution in [-0.2, 0) is 5.41 Å². The highest BCUT2D eigenvalue weighted by Gasteiger charge is 2.34. The van der Waals surface area contributed by atoms with Gasteiger partial charge in [-0.25, -0.2) is 0 Å². The van der Waals surface area contributed by atoms with Crippen LogP contribution in [0.2, 0.25) is 0 Å². The second-order valence-electron chi connectivity index (χ2n) is 6.56. The van der Waals surface area contributed by atoms with Crippen molar-refractivity contribution >= 4 is 0 Å². The molecule has 0 amide bonds. The highest BCUT2D eigenvalue weighted by Crippen LogP contribution is 2.40. The van der Waals surface area contributed by atoms with Crippen molar-refractivity contribution in [1.82, 2.24) is 4.90 Å². The van der Waals surface area contributed by atoms with Crippen LogP contribution in [0.15, 0.2) is 36.0 Å². The minimum absolute atomic E-state index is 0.147. The van der Waals surface area contributed by atoms with Gasteiger partial charge in [0.1, 0.15) is 5.75 Å². The first-order chi connectivity index (χ1) is 9.61. The van der Waals surface area contributed by atoms with Gasteiger partial charge >= 0.3 is 0 Å². The van der Waals surface area contributed by atoms with Crippen LogP contribution in [0, 0.1) is 5.92 Å². The fourth-order valence-corrected chi connectivity index (χ4v) is 3.16. The molecule has 1 saturated carbocycles. The van der Waals surface area contributed by atoms with Gasteiger partial charge in [-0.3, -0.25) is 0 Å². The van der Waals surface area contributed by atoms with Gasteiger partial charge in [0.15, 0.2) is 0 Å². The monoisotopic (exact) mass is 271 g/mol. The van der Waals surface area contributed by atoms with E-state index in [1.807, 2.05) is 6.07 Å². The van der Waals surface area contributed by atoms with Crippen molar-refractivity contribution in [3.8, 4) is 5.75 Å². The van der Waals surface area contributed by atoms with Crippen molar-refractivity contribution in [1.29, 1.82) is 0 Å². The zero-order valence-electron chi connectivity index (χ0n) is 12.9. The molecule has 2 heteroatoms. The van der Waals surface area contributed by atoms with E-state index in [0.717, 1.165) is 11.7 Å². The third kappa shape index (κ3) is 2.56. The number of ether oxygens (including phenoxy) is 1. The number of hydrogen-bond acceptors (Lipinski definition) is 2. The Balaban J connectivity index is 1.83. The van der Waals surface area contributed by atoms with Gasteiger partial charge in [-0.1, -0.05) is 19.1 Å². The fourth-order valence-electron chi connectivity index (χ4n) is 3.16. The molecule has 0 N–H and O–H groups in total. The lowest BCUT2D eigenvalue weighted by molar-refractivity contribution is 0.288. The van der Waals surface area contributed by atoms with E-state index in [2.05, 4.69) is 43.1 Å². The molecule has 1 atom stereocenters. The molecule has 1 heterocycles. The maximum absolute atomic E-state index is 5.38. The topological polar surface area (TPSA) is 12.5 Å². The number of methoxy groups -OCH3 is 1. The minimum Gasteiger partial charge on any atom is -0.497 e. The van der Waals surface area contributed by atoms with E-state index in [1.54, 1.807) is 7.11 Å². The summed E-state index contributed by atoms with van der Waals surface area (Å²) < 4.78 is 5.38. The molecule has 0 bridgehead atoms. The van der Waals surface area contributed by atoms with Gasteiger partial charge in [0.25, 0.3) is 0 Å². The number of nitrogens with zero attached hydrogens (tertiary/aromatic N) is 1. The van der Waals surface area contributed by atoms with Gasteiger partial charge in [-0.15, -0.1) is 0 Å². The third-order valence-corrected chi connectivity index (χ3v) is 5.04. The van der Waals surface area contributed by atoms with Crippen molar-refractivity contribution in [3.63, 3.8) is 0 Å². The second-order valence-corrected chi connectivity index (χ2v) is 6.56. The molecular weight excluding hydrogens is 246 g/mol. The summed E-state index contributed by atoms with van der Waals surface area (Å²) in [7, 11) is 1.74. The quantitative estimate of drug-likeness (QED) is 0.821. The van der Waals surface area contributed by atoms with Crippen LogP contribution in [-0.4, -0.2) is 25.1 Å². The van der Waals surface area contributed by atoms with Crippen molar-refractivity contribution in [3.05, 3.63) is 41.6 Å². The largest absolute Gasteiger partial charge is 0.497 e. The number of benzene rings is 1. The summed E-state index contributed by atoms with van der Waals surface area (Å²) in [5.74, 6) is 1.91. The molecule has 1 unspecified atom stereocenters. The van der Waals surface area contributed by atoms with Gasteiger partial charge < -0.3 is 9.64 Å². The molecule has 0 radical (unpaired) electrons. The normalized spacial score (nSPS) is 26.4. The lowest BCUT2D eigenvalue weighted by Crippen LogP contribution is -2.36. The summed E-state index contributed by atoms with van der Waals surface area (Å²) >= 11 is 0. The SMILES string of the molecule is COc1cccc(C2(C)CCN(CC3CC3)C=C2C)c1. The number of allylic oxidation sites excluding steroid dienone is 1. The van der Waals surface area contributed by atoms with Crippen LogP contribution in [0.1, 0.15) is 38.7 Å². The zero-order valence-corrected chi connectivity index (χ0v) is 12.9. The first kappa shape index (κ1) is 13.5. The molecule has 2 aliphatic rings. The summed E-state index contributed by atoms with van der Waals surface area (Å²) in [6.45, 7) is 7.06. The molecule has 1 aliphatic carbocycles. The van der Waals surface area contributed by atoms with Crippen LogP contribution in [0.4, 0.5) is 0 Å². The van der Waals surface area contributed by atoms with Crippen LogP contribution in [0.5, 0.6) is 5.75 Å². The number of rotatable bonds is 4. The average molecular weight is 271 g/mol. The van der Waals surface area contributed by atoms with Gasteiger partial charge in [-0.05, 0) is 61.6 Å². The van der Waals surface area contributed by atoms with Crippen molar-refractivity contribution in [2.75, 3.05) is 20.2 Å². The van der Waals surface area contributed by atoms with Gasteiger partial charge in [0, 0.05) is 18.5 Å². The van der Waals surface area contributed by atoms with Gasteiger partial charge in [-0.2, -0.15) is 0 Å². The summed E-state index contributed by atoms with van der Waals surface area (Å²) in [6, 6.07) is 8.54. The Hall–Kier alpha value is -1.44. The molecule has 108 valence electrons. The van der Waals surface area contributed by atoms with E-state index in [9.17, 15) is 0 Å². The molecule has 20 heavy (non-hydrogen) atoms. The van der Waals surface area contributed by atoms with E-state index >= 15 is 0 Å². The number of hydrogen-bond donors (Lipinski definition) is 0. The standard InChI is InChI=1S/C18H25NO/c1-14-12-19(13-15-7-8-15)10-9-18(14,2)16-5-4-6-17(11-16)20-3/h4-6,11-12,15H,7-10,13H2,1-3H3. The third-order valence-electron chi connectivity index (χ3n) is 5.04. The van der Waals surface area contributed by atoms with Gasteiger partial charge in [0.05, 0.1) is 7.11 Å². The molecular formula is C18H25NO. The molecule has 1 fully saturated rings. The highest BCUT2D eigenvalue weighted by atomic mass is 16.5. The summed E-state index contributed by atoms with van der Waals surface area (Å²) in [5.41, 5.74) is 2.99. The Labute approximate surface area is 122 Å². The first-order valence-corrected chi connectivity index (χ1v) is 7.69. The molecule has 0 aromatic heterocycles. The molecule has 3 rings (SSSR count). The molecule has 1 aliphatic heterocycles. The van der Waals surface area contributed by atoms with Crippen molar-refractivity contribution < 1.29 is 4.74 Å². The van der Waals surface area contributed by atoms with Crippen LogP contribution in [0.3, 0.4) is 0 Å². The van der Waals surface area contributed by atoms with E-state index in [-0.39, 0.29) is 5.41 Å². The summed E-state index contributed by atoms with van der Waals surface area (Å²) in [4.78, 5) is 2.52. The molecule has 0 spiro atoms. The predicted octanol–water partition coefficient (Wildman–Crippen LogP) is 3.97. The van der Waals surface area contributed by atoms with Crippen LogP contribution < -0.4 is 4.74 Å². The molecule has 1 aromatic rings. The first-order valence-electron chi connectivity index (χ1n) is 7.69. The van der Waals surface area contributed by atoms with E-state index in [4.69, 9.17) is 4.74 Å². The second kappa shape index (κ2) is 5.16. The van der Waals surface area contributed by atoms with E-state index in [1.165, 1.54) is 43.5 Å². The summed E-state index contributed by atoms with van der Waals surface area (Å²) in [5, 5.41) is 0. The van der Waals surface area contributed by atoms with Gasteiger partial charge in [0.2, 0.25) is 0 Å². The van der Waals surface area contributed by atoms with Crippen LogP contribution >= 0.6 is 0 Å². The smallest absolute Gasteiger partial charge is 0.119 e. The Bertz CT molecular complexity index is 518. The van der Waals surface area contributed by atoms with Crippen molar-refractivity contribution in [2.24, 2.45) is 5.92 Å². The Morgan fingerprint density at radius 1 is 1.35 bits per heavy atom. The minimum atomic E-state index is 0.147. The van der Waals surface area contributed by atoms with Crippen molar-refractivity contribution in [2.45, 2.75) is 38.5 Å². The maximum atomic E-state index is 5.38. The fraction of sp³-hybridized carbons (Fsp3) is 0.556. The Kier molecular flexibility index (Phi) is 3.49. The Morgan fingerprint density at radius 2 is 2.15 bits per heavy atom. The Morgan fingerprint density at radius 3 is 2.80 bits per heavy atom.